The molecule has 0 saturated heterocycles. The van der Waals surface area contributed by atoms with Crippen molar-refractivity contribution in [2.45, 2.75) is 20.5 Å². The summed E-state index contributed by atoms with van der Waals surface area (Å²) < 4.78 is 12.3. The molecule has 1 atom stereocenters. The van der Waals surface area contributed by atoms with Gasteiger partial charge >= 0.3 is 0 Å². The van der Waals surface area contributed by atoms with Crippen LogP contribution >= 0.6 is 15.9 Å². The van der Waals surface area contributed by atoms with Gasteiger partial charge in [-0.25, -0.2) is 5.43 Å². The summed E-state index contributed by atoms with van der Waals surface area (Å²) in [6.07, 6.45) is 1.49. The molecular weight excluding hydrogens is 498 g/mol. The van der Waals surface area contributed by atoms with Crippen LogP contribution in [0, 0.1) is 5.92 Å². The highest BCUT2D eigenvalue weighted by Crippen LogP contribution is 2.29. The smallest absolute Gasteiger partial charge is 0.252 e. The normalized spacial score (nSPS) is 11.6. The van der Waals surface area contributed by atoms with Crippen LogP contribution in [0.5, 0.6) is 11.5 Å². The molecule has 0 fully saturated rings. The molecule has 0 spiro atoms. The van der Waals surface area contributed by atoms with E-state index in [2.05, 4.69) is 31.8 Å². The number of anilines is 1. The molecule has 3 aromatic rings. The molecule has 0 bridgehead atoms. The Kier molecular flexibility index (Phi) is 9.22. The third kappa shape index (κ3) is 7.18. The van der Waals surface area contributed by atoms with Crippen LogP contribution in [0.2, 0.25) is 0 Å². The standard InChI is InChI=1S/C26H26BrN3O4/c1-3-33-24-15-20(13-14-23(24)34-17-19-9-5-4-6-10-19)16-28-30-26(32)18(2)25(31)29-22-12-8-7-11-21(22)27/h4-16,18H,3,17H2,1-2H3,(H,29,31)(H,30,32). The lowest BCUT2D eigenvalue weighted by molar-refractivity contribution is -0.131. The molecule has 1 unspecified atom stereocenters. The van der Waals surface area contributed by atoms with E-state index in [4.69, 9.17) is 9.47 Å². The fraction of sp³-hybridized carbons (Fsp3) is 0.192. The lowest BCUT2D eigenvalue weighted by Gasteiger charge is -2.13. The van der Waals surface area contributed by atoms with Gasteiger partial charge in [0.15, 0.2) is 11.5 Å². The van der Waals surface area contributed by atoms with Gasteiger partial charge < -0.3 is 14.8 Å². The monoisotopic (exact) mass is 523 g/mol. The van der Waals surface area contributed by atoms with E-state index in [-0.39, 0.29) is 0 Å². The lowest BCUT2D eigenvalue weighted by Crippen LogP contribution is -2.34. The number of para-hydroxylation sites is 1. The number of carbonyl (C=O) groups excluding carboxylic acids is 2. The Morgan fingerprint density at radius 1 is 0.971 bits per heavy atom. The van der Waals surface area contributed by atoms with Crippen molar-refractivity contribution in [3.63, 3.8) is 0 Å². The van der Waals surface area contributed by atoms with Crippen LogP contribution in [-0.2, 0) is 16.2 Å². The molecule has 0 radical (unpaired) electrons. The SMILES string of the molecule is CCOc1cc(C=NNC(=O)C(C)C(=O)Nc2ccccc2Br)ccc1OCc1ccccc1. The molecule has 176 valence electrons. The van der Waals surface area contributed by atoms with Gasteiger partial charge in [-0.15, -0.1) is 0 Å². The molecule has 0 aliphatic heterocycles. The molecule has 34 heavy (non-hydrogen) atoms. The molecule has 8 heteroatoms. The van der Waals surface area contributed by atoms with Gasteiger partial charge in [0.2, 0.25) is 5.91 Å². The van der Waals surface area contributed by atoms with Crippen LogP contribution in [0.15, 0.2) is 82.4 Å². The summed E-state index contributed by atoms with van der Waals surface area (Å²) in [6, 6.07) is 22.4. The van der Waals surface area contributed by atoms with Gasteiger partial charge in [0, 0.05) is 4.47 Å². The zero-order valence-corrected chi connectivity index (χ0v) is 20.5. The maximum absolute atomic E-state index is 12.4. The molecule has 2 N–H and O–H groups in total. The van der Waals surface area contributed by atoms with Crippen LogP contribution in [0.25, 0.3) is 0 Å². The van der Waals surface area contributed by atoms with Crippen LogP contribution in [0.4, 0.5) is 5.69 Å². The van der Waals surface area contributed by atoms with Gasteiger partial charge in [-0.3, -0.25) is 9.59 Å². The van der Waals surface area contributed by atoms with Crippen LogP contribution in [-0.4, -0.2) is 24.6 Å². The lowest BCUT2D eigenvalue weighted by atomic mass is 10.1. The van der Waals surface area contributed by atoms with Crippen molar-refractivity contribution >= 4 is 39.6 Å². The summed E-state index contributed by atoms with van der Waals surface area (Å²) in [7, 11) is 0. The largest absolute Gasteiger partial charge is 0.490 e. The first-order valence-electron chi connectivity index (χ1n) is 10.8. The van der Waals surface area contributed by atoms with Crippen molar-refractivity contribution in [2.24, 2.45) is 11.0 Å². The average molecular weight is 524 g/mol. The zero-order chi connectivity index (χ0) is 24.3. The maximum atomic E-state index is 12.4. The Morgan fingerprint density at radius 2 is 1.71 bits per heavy atom. The van der Waals surface area contributed by atoms with Crippen LogP contribution in [0.3, 0.4) is 0 Å². The van der Waals surface area contributed by atoms with Gasteiger partial charge in [-0.05, 0) is 71.2 Å². The van der Waals surface area contributed by atoms with E-state index in [9.17, 15) is 9.59 Å². The molecule has 3 aromatic carbocycles. The molecule has 0 saturated carbocycles. The van der Waals surface area contributed by atoms with E-state index in [0.29, 0.717) is 36.0 Å². The highest BCUT2D eigenvalue weighted by Gasteiger charge is 2.21. The molecule has 7 nitrogen and oxygen atoms in total. The Balaban J connectivity index is 1.58. The van der Waals surface area contributed by atoms with Crippen molar-refractivity contribution in [1.29, 1.82) is 0 Å². The summed E-state index contributed by atoms with van der Waals surface area (Å²) in [4.78, 5) is 24.7. The van der Waals surface area contributed by atoms with Gasteiger partial charge in [-0.1, -0.05) is 42.5 Å². The maximum Gasteiger partial charge on any atom is 0.252 e. The van der Waals surface area contributed by atoms with E-state index >= 15 is 0 Å². The van der Waals surface area contributed by atoms with Crippen molar-refractivity contribution in [1.82, 2.24) is 5.43 Å². The summed E-state index contributed by atoms with van der Waals surface area (Å²) in [5.41, 5.74) is 4.76. The summed E-state index contributed by atoms with van der Waals surface area (Å²) in [6.45, 7) is 4.30. The fourth-order valence-corrected chi connectivity index (χ4v) is 3.30. The second-order valence-electron chi connectivity index (χ2n) is 7.34. The highest BCUT2D eigenvalue weighted by atomic mass is 79.9. The van der Waals surface area contributed by atoms with Crippen molar-refractivity contribution < 1.29 is 19.1 Å². The number of ether oxygens (including phenoxy) is 2. The van der Waals surface area contributed by atoms with E-state index in [1.165, 1.54) is 13.1 Å². The molecular formula is C26H26BrN3O4. The van der Waals surface area contributed by atoms with Gasteiger partial charge in [0.25, 0.3) is 5.91 Å². The van der Waals surface area contributed by atoms with Crippen LogP contribution < -0.4 is 20.2 Å². The Bertz CT molecular complexity index is 1150. The van der Waals surface area contributed by atoms with E-state index in [0.717, 1.165) is 10.0 Å². The minimum absolute atomic E-state index is 0.421. The van der Waals surface area contributed by atoms with Crippen molar-refractivity contribution in [3.8, 4) is 11.5 Å². The van der Waals surface area contributed by atoms with E-state index < -0.39 is 17.7 Å². The number of rotatable bonds is 10. The predicted octanol–water partition coefficient (Wildman–Crippen LogP) is 5.15. The number of nitrogens with one attached hydrogen (secondary N) is 2. The first-order chi connectivity index (χ1) is 16.5. The molecule has 2 amide bonds. The molecule has 0 aliphatic carbocycles. The first kappa shape index (κ1) is 25.0. The molecule has 3 rings (SSSR count). The van der Waals surface area contributed by atoms with Crippen molar-refractivity contribution in [3.05, 3.63) is 88.4 Å². The number of hydrogen-bond acceptors (Lipinski definition) is 5. The number of benzene rings is 3. The second-order valence-corrected chi connectivity index (χ2v) is 8.19. The number of halogens is 1. The quantitative estimate of drug-likeness (QED) is 0.218. The highest BCUT2D eigenvalue weighted by molar-refractivity contribution is 9.10. The third-order valence-corrected chi connectivity index (χ3v) is 5.50. The molecule has 0 aliphatic rings. The number of hydrazone groups is 1. The number of carbonyl (C=O) groups is 2. The number of amides is 2. The first-order valence-corrected chi connectivity index (χ1v) is 11.6. The topological polar surface area (TPSA) is 89.0 Å². The number of nitrogens with zero attached hydrogens (tertiary/aromatic N) is 1. The van der Waals surface area contributed by atoms with Gasteiger partial charge in [-0.2, -0.15) is 5.10 Å². The Labute approximate surface area is 207 Å². The zero-order valence-electron chi connectivity index (χ0n) is 19.0. The predicted molar refractivity (Wildman–Crippen MR) is 136 cm³/mol. The minimum Gasteiger partial charge on any atom is -0.490 e. The summed E-state index contributed by atoms with van der Waals surface area (Å²) in [5, 5.41) is 6.71. The molecule has 0 heterocycles. The third-order valence-electron chi connectivity index (χ3n) is 4.81. The fourth-order valence-electron chi connectivity index (χ4n) is 2.92. The average Bonchev–Trinajstić information content (AvgIpc) is 2.85. The summed E-state index contributed by atoms with van der Waals surface area (Å²) in [5.74, 6) is -0.692. The van der Waals surface area contributed by atoms with E-state index in [1.54, 1.807) is 30.3 Å². The van der Waals surface area contributed by atoms with Gasteiger partial charge in [0.05, 0.1) is 18.5 Å². The van der Waals surface area contributed by atoms with Gasteiger partial charge in [0.1, 0.15) is 12.5 Å². The van der Waals surface area contributed by atoms with Crippen molar-refractivity contribution in [2.75, 3.05) is 11.9 Å². The van der Waals surface area contributed by atoms with E-state index in [1.807, 2.05) is 49.4 Å². The minimum atomic E-state index is -0.933. The summed E-state index contributed by atoms with van der Waals surface area (Å²) >= 11 is 3.36. The molecule has 0 aromatic heterocycles. The Hall–Kier alpha value is -3.65. The van der Waals surface area contributed by atoms with Crippen LogP contribution in [0.1, 0.15) is 25.0 Å². The number of hydrogen-bond donors (Lipinski definition) is 2. The Morgan fingerprint density at radius 3 is 2.44 bits per heavy atom. The second kappa shape index (κ2) is 12.6.